The predicted molar refractivity (Wildman–Crippen MR) is 83.1 cm³/mol. The summed E-state index contributed by atoms with van der Waals surface area (Å²) in [6, 6.07) is 4.28. The Bertz CT molecular complexity index is 548. The van der Waals surface area contributed by atoms with Gasteiger partial charge in [0, 0.05) is 47.0 Å². The summed E-state index contributed by atoms with van der Waals surface area (Å²) in [7, 11) is -0.951. The number of nitrogens with one attached hydrogen (secondary N) is 2. The third kappa shape index (κ3) is 5.14. The van der Waals surface area contributed by atoms with Crippen molar-refractivity contribution in [1.82, 2.24) is 5.32 Å². The molecule has 0 bridgehead atoms. The second kappa shape index (κ2) is 8.35. The lowest BCUT2D eigenvalue weighted by atomic mass is 10.1. The van der Waals surface area contributed by atoms with Gasteiger partial charge in [-0.2, -0.15) is 0 Å². The van der Waals surface area contributed by atoms with Crippen LogP contribution in [0.3, 0.4) is 0 Å². The van der Waals surface area contributed by atoms with Crippen LogP contribution in [-0.4, -0.2) is 39.6 Å². The largest absolute Gasteiger partial charge is 0.380 e. The minimum absolute atomic E-state index is 0.137. The van der Waals surface area contributed by atoms with Crippen LogP contribution in [-0.2, 0) is 10.8 Å². The number of nitro benzene ring substituents is 1. The van der Waals surface area contributed by atoms with Crippen molar-refractivity contribution in [3.8, 4) is 0 Å². The first-order valence-corrected chi connectivity index (χ1v) is 8.13. The predicted octanol–water partition coefficient (Wildman–Crippen LogP) is 1.52. The van der Waals surface area contributed by atoms with E-state index in [0.29, 0.717) is 23.7 Å². The number of carbonyl (C=O) groups is 1. The van der Waals surface area contributed by atoms with Gasteiger partial charge in [-0.15, -0.1) is 0 Å². The van der Waals surface area contributed by atoms with E-state index in [1.54, 1.807) is 6.92 Å². The fourth-order valence-corrected chi connectivity index (χ4v) is 2.31. The Morgan fingerprint density at radius 3 is 2.67 bits per heavy atom. The highest BCUT2D eigenvalue weighted by molar-refractivity contribution is 7.84. The lowest BCUT2D eigenvalue weighted by Crippen LogP contribution is -2.28. The molecular formula is C13H19N3O4S. The Morgan fingerprint density at radius 1 is 1.38 bits per heavy atom. The molecule has 0 saturated heterocycles. The van der Waals surface area contributed by atoms with Gasteiger partial charge in [0.1, 0.15) is 5.69 Å². The van der Waals surface area contributed by atoms with Crippen LogP contribution in [0.4, 0.5) is 11.4 Å². The van der Waals surface area contributed by atoms with Crippen LogP contribution < -0.4 is 10.6 Å². The number of rotatable bonds is 8. The molecule has 116 valence electrons. The van der Waals surface area contributed by atoms with E-state index in [9.17, 15) is 19.1 Å². The van der Waals surface area contributed by atoms with Crippen molar-refractivity contribution in [1.29, 1.82) is 0 Å². The summed E-state index contributed by atoms with van der Waals surface area (Å²) in [6.07, 6.45) is 0. The standard InChI is InChI=1S/C13H19N3O4S/c1-3-14-11-6-5-10(9-12(11)16(18)19)13(17)15-7-8-21(20)4-2/h5-6,9,14H,3-4,7-8H2,1-2H3,(H,15,17). The van der Waals surface area contributed by atoms with Crippen molar-refractivity contribution in [3.63, 3.8) is 0 Å². The molecule has 0 aromatic heterocycles. The summed E-state index contributed by atoms with van der Waals surface area (Å²) in [5.41, 5.74) is 0.457. The summed E-state index contributed by atoms with van der Waals surface area (Å²) >= 11 is 0. The Morgan fingerprint density at radius 2 is 2.10 bits per heavy atom. The van der Waals surface area contributed by atoms with Gasteiger partial charge in [-0.3, -0.25) is 19.1 Å². The topological polar surface area (TPSA) is 101 Å². The Hall–Kier alpha value is -1.96. The fourth-order valence-electron chi connectivity index (χ4n) is 1.69. The van der Waals surface area contributed by atoms with Gasteiger partial charge in [0.25, 0.3) is 11.6 Å². The van der Waals surface area contributed by atoms with E-state index in [0.717, 1.165) is 0 Å². The van der Waals surface area contributed by atoms with Crippen LogP contribution in [0.5, 0.6) is 0 Å². The molecule has 0 radical (unpaired) electrons. The Labute approximate surface area is 125 Å². The third-order valence-electron chi connectivity index (χ3n) is 2.76. The molecule has 0 saturated carbocycles. The van der Waals surface area contributed by atoms with Gasteiger partial charge in [0.2, 0.25) is 0 Å². The number of amides is 1. The van der Waals surface area contributed by atoms with Gasteiger partial charge in [-0.1, -0.05) is 6.92 Å². The summed E-state index contributed by atoms with van der Waals surface area (Å²) in [5.74, 6) is 0.507. The van der Waals surface area contributed by atoms with Gasteiger partial charge in [-0.25, -0.2) is 0 Å². The average molecular weight is 313 g/mol. The molecule has 1 amide bonds. The quantitative estimate of drug-likeness (QED) is 0.560. The van der Waals surface area contributed by atoms with Crippen LogP contribution in [0.15, 0.2) is 18.2 Å². The van der Waals surface area contributed by atoms with Gasteiger partial charge in [0.15, 0.2) is 0 Å². The molecule has 1 rings (SSSR count). The zero-order valence-corrected chi connectivity index (χ0v) is 12.9. The molecule has 0 heterocycles. The fraction of sp³-hybridized carbons (Fsp3) is 0.462. The molecular weight excluding hydrogens is 294 g/mol. The van der Waals surface area contributed by atoms with E-state index in [2.05, 4.69) is 10.6 Å². The summed E-state index contributed by atoms with van der Waals surface area (Å²) in [5, 5.41) is 16.5. The number of carbonyl (C=O) groups excluding carboxylic acids is 1. The lowest BCUT2D eigenvalue weighted by Gasteiger charge is -2.08. The molecule has 21 heavy (non-hydrogen) atoms. The molecule has 0 fully saturated rings. The van der Waals surface area contributed by atoms with Crippen LogP contribution in [0.25, 0.3) is 0 Å². The third-order valence-corrected chi connectivity index (χ3v) is 4.06. The second-order valence-corrected chi connectivity index (χ2v) is 6.07. The first-order chi connectivity index (χ1) is 9.99. The number of hydrogen-bond donors (Lipinski definition) is 2. The van der Waals surface area contributed by atoms with Crippen molar-refractivity contribution in [3.05, 3.63) is 33.9 Å². The zero-order chi connectivity index (χ0) is 15.8. The summed E-state index contributed by atoms with van der Waals surface area (Å²) < 4.78 is 11.3. The molecule has 2 N–H and O–H groups in total. The minimum atomic E-state index is -0.951. The number of hydrogen-bond acceptors (Lipinski definition) is 5. The van der Waals surface area contributed by atoms with E-state index in [4.69, 9.17) is 0 Å². The van der Waals surface area contributed by atoms with E-state index in [1.807, 2.05) is 6.92 Å². The minimum Gasteiger partial charge on any atom is -0.380 e. The number of anilines is 1. The molecule has 7 nitrogen and oxygen atoms in total. The molecule has 1 atom stereocenters. The van der Waals surface area contributed by atoms with Crippen molar-refractivity contribution in [2.24, 2.45) is 0 Å². The maximum Gasteiger partial charge on any atom is 0.293 e. The molecule has 1 unspecified atom stereocenters. The van der Waals surface area contributed by atoms with Crippen LogP contribution in [0.1, 0.15) is 24.2 Å². The number of nitrogens with zero attached hydrogens (tertiary/aromatic N) is 1. The van der Waals surface area contributed by atoms with Gasteiger partial charge in [0.05, 0.1) is 4.92 Å². The van der Waals surface area contributed by atoms with Gasteiger partial charge >= 0.3 is 0 Å². The number of nitro groups is 1. The molecule has 0 aliphatic heterocycles. The smallest absolute Gasteiger partial charge is 0.293 e. The first kappa shape index (κ1) is 17.1. The Kier molecular flexibility index (Phi) is 6.80. The summed E-state index contributed by atoms with van der Waals surface area (Å²) in [6.45, 7) is 4.47. The highest BCUT2D eigenvalue weighted by Crippen LogP contribution is 2.25. The highest BCUT2D eigenvalue weighted by Gasteiger charge is 2.17. The van der Waals surface area contributed by atoms with Crippen LogP contribution in [0, 0.1) is 10.1 Å². The average Bonchev–Trinajstić information content (AvgIpc) is 2.47. The van der Waals surface area contributed by atoms with E-state index >= 15 is 0 Å². The van der Waals surface area contributed by atoms with Crippen LogP contribution in [0.2, 0.25) is 0 Å². The second-order valence-electron chi connectivity index (χ2n) is 4.21. The van der Waals surface area contributed by atoms with E-state index in [-0.39, 0.29) is 17.8 Å². The van der Waals surface area contributed by atoms with Crippen molar-refractivity contribution in [2.45, 2.75) is 13.8 Å². The normalized spacial score (nSPS) is 11.7. The first-order valence-electron chi connectivity index (χ1n) is 6.65. The van der Waals surface area contributed by atoms with Gasteiger partial charge in [-0.05, 0) is 19.1 Å². The van der Waals surface area contributed by atoms with Crippen LogP contribution >= 0.6 is 0 Å². The Balaban J connectivity index is 2.78. The molecule has 0 spiro atoms. The summed E-state index contributed by atoms with van der Waals surface area (Å²) in [4.78, 5) is 22.4. The van der Waals surface area contributed by atoms with E-state index < -0.39 is 21.6 Å². The van der Waals surface area contributed by atoms with Gasteiger partial charge < -0.3 is 10.6 Å². The zero-order valence-electron chi connectivity index (χ0n) is 12.0. The number of benzene rings is 1. The highest BCUT2D eigenvalue weighted by atomic mass is 32.2. The maximum atomic E-state index is 11.9. The molecule has 0 aliphatic carbocycles. The van der Waals surface area contributed by atoms with Crippen molar-refractivity contribution < 1.29 is 13.9 Å². The van der Waals surface area contributed by atoms with E-state index in [1.165, 1.54) is 18.2 Å². The molecule has 8 heteroatoms. The van der Waals surface area contributed by atoms with Crippen molar-refractivity contribution in [2.75, 3.05) is 29.9 Å². The SMILES string of the molecule is CCNc1ccc(C(=O)NCCS(=O)CC)cc1[N+](=O)[O-]. The lowest BCUT2D eigenvalue weighted by molar-refractivity contribution is -0.384. The van der Waals surface area contributed by atoms with Crippen molar-refractivity contribution >= 4 is 28.1 Å². The molecule has 0 aliphatic rings. The maximum absolute atomic E-state index is 11.9. The molecule has 1 aromatic rings. The molecule has 1 aromatic carbocycles. The monoisotopic (exact) mass is 313 g/mol.